The molecular formula is C11H14ClN3O2. The van der Waals surface area contributed by atoms with Gasteiger partial charge in [-0.1, -0.05) is 11.6 Å². The van der Waals surface area contributed by atoms with Crippen molar-refractivity contribution in [2.24, 2.45) is 0 Å². The van der Waals surface area contributed by atoms with Crippen LogP contribution in [0, 0.1) is 0 Å². The summed E-state index contributed by atoms with van der Waals surface area (Å²) >= 11 is 5.75. The molecule has 1 aliphatic rings. The predicted molar refractivity (Wildman–Crippen MR) is 66.0 cm³/mol. The minimum Gasteiger partial charge on any atom is -0.379 e. The number of ether oxygens (including phenoxy) is 1. The summed E-state index contributed by atoms with van der Waals surface area (Å²) in [6.07, 6.45) is 0. The average molecular weight is 256 g/mol. The van der Waals surface area contributed by atoms with E-state index in [0.717, 1.165) is 0 Å². The van der Waals surface area contributed by atoms with Gasteiger partial charge in [0, 0.05) is 23.8 Å². The van der Waals surface area contributed by atoms with Crippen molar-refractivity contribution < 1.29 is 9.53 Å². The van der Waals surface area contributed by atoms with Crippen LogP contribution in [-0.2, 0) is 4.74 Å². The summed E-state index contributed by atoms with van der Waals surface area (Å²) < 4.78 is 5.18. The third-order valence-electron chi connectivity index (χ3n) is 2.37. The second-order valence-corrected chi connectivity index (χ2v) is 4.11. The number of morpholine rings is 1. The number of hydrogen-bond donors (Lipinski definition) is 2. The van der Waals surface area contributed by atoms with E-state index in [1.807, 2.05) is 5.01 Å². The molecule has 2 amide bonds. The van der Waals surface area contributed by atoms with Crippen LogP contribution in [-0.4, -0.2) is 37.3 Å². The fourth-order valence-corrected chi connectivity index (χ4v) is 1.64. The van der Waals surface area contributed by atoms with Crippen LogP contribution in [0.1, 0.15) is 0 Å². The Labute approximate surface area is 105 Å². The van der Waals surface area contributed by atoms with Gasteiger partial charge in [0.2, 0.25) is 0 Å². The lowest BCUT2D eigenvalue weighted by atomic mass is 10.3. The SMILES string of the molecule is O=C(Nc1ccc(Cl)cc1)NN1CCOCC1. The van der Waals surface area contributed by atoms with Crippen molar-refractivity contribution >= 4 is 23.3 Å². The number of amides is 2. The molecule has 1 aliphatic heterocycles. The molecule has 0 radical (unpaired) electrons. The van der Waals surface area contributed by atoms with Crippen LogP contribution >= 0.6 is 11.6 Å². The molecule has 92 valence electrons. The number of rotatable bonds is 2. The van der Waals surface area contributed by atoms with Gasteiger partial charge in [0.1, 0.15) is 0 Å². The second-order valence-electron chi connectivity index (χ2n) is 3.67. The molecule has 0 aromatic heterocycles. The fraction of sp³-hybridized carbons (Fsp3) is 0.364. The minimum atomic E-state index is -0.255. The van der Waals surface area contributed by atoms with Gasteiger partial charge in [-0.05, 0) is 24.3 Å². The molecule has 0 aliphatic carbocycles. The zero-order valence-electron chi connectivity index (χ0n) is 9.28. The summed E-state index contributed by atoms with van der Waals surface area (Å²) in [6, 6.07) is 6.70. The maximum atomic E-state index is 11.6. The molecular weight excluding hydrogens is 242 g/mol. The zero-order chi connectivity index (χ0) is 12.1. The number of urea groups is 1. The molecule has 1 saturated heterocycles. The number of carbonyl (C=O) groups excluding carboxylic acids is 1. The quantitative estimate of drug-likeness (QED) is 0.846. The van der Waals surface area contributed by atoms with Crippen molar-refractivity contribution in [3.8, 4) is 0 Å². The van der Waals surface area contributed by atoms with E-state index < -0.39 is 0 Å². The number of benzene rings is 1. The number of halogens is 1. The smallest absolute Gasteiger partial charge is 0.333 e. The van der Waals surface area contributed by atoms with Gasteiger partial charge < -0.3 is 10.1 Å². The molecule has 0 spiro atoms. The monoisotopic (exact) mass is 255 g/mol. The normalized spacial score (nSPS) is 16.5. The van der Waals surface area contributed by atoms with Crippen LogP contribution in [0.25, 0.3) is 0 Å². The molecule has 1 aromatic rings. The van der Waals surface area contributed by atoms with E-state index in [1.165, 1.54) is 0 Å². The zero-order valence-corrected chi connectivity index (χ0v) is 10.0. The van der Waals surface area contributed by atoms with E-state index in [1.54, 1.807) is 24.3 Å². The summed E-state index contributed by atoms with van der Waals surface area (Å²) in [4.78, 5) is 11.6. The molecule has 0 unspecified atom stereocenters. The lowest BCUT2D eigenvalue weighted by Crippen LogP contribution is -2.49. The van der Waals surface area contributed by atoms with Crippen molar-refractivity contribution in [2.75, 3.05) is 31.6 Å². The largest absolute Gasteiger partial charge is 0.379 e. The van der Waals surface area contributed by atoms with E-state index >= 15 is 0 Å². The van der Waals surface area contributed by atoms with Gasteiger partial charge in [0.15, 0.2) is 0 Å². The first kappa shape index (κ1) is 12.2. The number of hydrogen-bond acceptors (Lipinski definition) is 3. The second kappa shape index (κ2) is 5.86. The van der Waals surface area contributed by atoms with Gasteiger partial charge in [-0.25, -0.2) is 9.80 Å². The Morgan fingerprint density at radius 1 is 1.24 bits per heavy atom. The predicted octanol–water partition coefficient (Wildman–Crippen LogP) is 1.71. The highest BCUT2D eigenvalue weighted by molar-refractivity contribution is 6.30. The molecule has 1 heterocycles. The molecule has 1 aromatic carbocycles. The Morgan fingerprint density at radius 3 is 2.53 bits per heavy atom. The summed E-state index contributed by atoms with van der Waals surface area (Å²) in [5.41, 5.74) is 3.46. The lowest BCUT2D eigenvalue weighted by molar-refractivity contribution is 0.0207. The van der Waals surface area contributed by atoms with Crippen LogP contribution in [0.4, 0.5) is 10.5 Å². The Bertz CT molecular complexity index is 377. The Morgan fingerprint density at radius 2 is 1.88 bits per heavy atom. The number of nitrogens with zero attached hydrogens (tertiary/aromatic N) is 1. The molecule has 5 nitrogen and oxygen atoms in total. The first-order valence-electron chi connectivity index (χ1n) is 5.40. The Kier molecular flexibility index (Phi) is 4.19. The highest BCUT2D eigenvalue weighted by atomic mass is 35.5. The maximum Gasteiger partial charge on any atom is 0.333 e. The number of hydrazine groups is 1. The van der Waals surface area contributed by atoms with Crippen molar-refractivity contribution in [1.82, 2.24) is 10.4 Å². The van der Waals surface area contributed by atoms with E-state index in [9.17, 15) is 4.79 Å². The standard InChI is InChI=1S/C11H14ClN3O2/c12-9-1-3-10(4-2-9)13-11(16)14-15-5-7-17-8-6-15/h1-4H,5-8H2,(H2,13,14,16). The molecule has 0 atom stereocenters. The van der Waals surface area contributed by atoms with Crippen molar-refractivity contribution in [3.63, 3.8) is 0 Å². The fourth-order valence-electron chi connectivity index (χ4n) is 1.51. The van der Waals surface area contributed by atoms with Crippen LogP contribution in [0.15, 0.2) is 24.3 Å². The summed E-state index contributed by atoms with van der Waals surface area (Å²) in [6.45, 7) is 2.69. The van der Waals surface area contributed by atoms with Gasteiger partial charge in [-0.15, -0.1) is 0 Å². The lowest BCUT2D eigenvalue weighted by Gasteiger charge is -2.26. The number of nitrogens with one attached hydrogen (secondary N) is 2. The highest BCUT2D eigenvalue weighted by Crippen LogP contribution is 2.13. The van der Waals surface area contributed by atoms with Gasteiger partial charge in [-0.2, -0.15) is 0 Å². The first-order valence-corrected chi connectivity index (χ1v) is 5.78. The third-order valence-corrected chi connectivity index (χ3v) is 2.62. The molecule has 6 heteroatoms. The first-order chi connectivity index (χ1) is 8.24. The topological polar surface area (TPSA) is 53.6 Å². The van der Waals surface area contributed by atoms with E-state index in [2.05, 4.69) is 10.7 Å². The summed E-state index contributed by atoms with van der Waals surface area (Å²) in [5.74, 6) is 0. The maximum absolute atomic E-state index is 11.6. The molecule has 0 bridgehead atoms. The van der Waals surface area contributed by atoms with Gasteiger partial charge in [0.25, 0.3) is 0 Å². The highest BCUT2D eigenvalue weighted by Gasteiger charge is 2.12. The van der Waals surface area contributed by atoms with E-state index in [0.29, 0.717) is 37.0 Å². The Hall–Kier alpha value is -1.30. The van der Waals surface area contributed by atoms with Crippen molar-refractivity contribution in [1.29, 1.82) is 0 Å². The average Bonchev–Trinajstić information content (AvgIpc) is 2.33. The summed E-state index contributed by atoms with van der Waals surface area (Å²) in [7, 11) is 0. The van der Waals surface area contributed by atoms with E-state index in [4.69, 9.17) is 16.3 Å². The summed E-state index contributed by atoms with van der Waals surface area (Å²) in [5, 5.41) is 5.20. The third kappa shape index (κ3) is 3.89. The Balaban J connectivity index is 1.82. The molecule has 17 heavy (non-hydrogen) atoms. The van der Waals surface area contributed by atoms with Crippen molar-refractivity contribution in [2.45, 2.75) is 0 Å². The van der Waals surface area contributed by atoms with E-state index in [-0.39, 0.29) is 6.03 Å². The van der Waals surface area contributed by atoms with Crippen LogP contribution in [0.2, 0.25) is 5.02 Å². The van der Waals surface area contributed by atoms with Gasteiger partial charge in [-0.3, -0.25) is 5.43 Å². The number of anilines is 1. The van der Waals surface area contributed by atoms with Gasteiger partial charge in [0.05, 0.1) is 13.2 Å². The minimum absolute atomic E-state index is 0.255. The molecule has 2 rings (SSSR count). The van der Waals surface area contributed by atoms with Crippen LogP contribution < -0.4 is 10.7 Å². The van der Waals surface area contributed by atoms with Crippen LogP contribution in [0.3, 0.4) is 0 Å². The van der Waals surface area contributed by atoms with Gasteiger partial charge >= 0.3 is 6.03 Å². The van der Waals surface area contributed by atoms with Crippen LogP contribution in [0.5, 0.6) is 0 Å². The molecule has 1 fully saturated rings. The van der Waals surface area contributed by atoms with Crippen molar-refractivity contribution in [3.05, 3.63) is 29.3 Å². The number of carbonyl (C=O) groups is 1. The molecule has 0 saturated carbocycles. The molecule has 2 N–H and O–H groups in total.